The minimum Gasteiger partial charge on any atom is -0.439 e. The molecule has 4 rings (SSSR count). The van der Waals surface area contributed by atoms with Gasteiger partial charge >= 0.3 is 6.18 Å². The quantitative estimate of drug-likeness (QED) is 0.553. The monoisotopic (exact) mass is 446 g/mol. The molecular formula is C21H21F3N6O2. The van der Waals surface area contributed by atoms with Crippen molar-refractivity contribution in [1.29, 1.82) is 0 Å². The van der Waals surface area contributed by atoms with E-state index in [1.165, 1.54) is 12.1 Å². The molecule has 0 bridgehead atoms. The van der Waals surface area contributed by atoms with E-state index in [4.69, 9.17) is 16.2 Å². The number of piperidine rings is 1. The number of benzene rings is 1. The lowest BCUT2D eigenvalue weighted by atomic mass is 10.1. The summed E-state index contributed by atoms with van der Waals surface area (Å²) in [7, 11) is 0. The number of pyridine rings is 1. The Morgan fingerprint density at radius 2 is 1.94 bits per heavy atom. The minimum atomic E-state index is -4.57. The third-order valence-corrected chi connectivity index (χ3v) is 5.17. The third-order valence-electron chi connectivity index (χ3n) is 5.17. The van der Waals surface area contributed by atoms with E-state index in [9.17, 15) is 18.0 Å². The number of primary amides is 1. The molecule has 1 fully saturated rings. The zero-order valence-corrected chi connectivity index (χ0v) is 16.9. The Balaban J connectivity index is 1.61. The highest BCUT2D eigenvalue weighted by atomic mass is 19.4. The summed E-state index contributed by atoms with van der Waals surface area (Å²) in [5, 5.41) is 7.83. The number of nitrogens with two attached hydrogens (primary N) is 2. The number of aromatic nitrogens is 3. The molecule has 0 aliphatic carbocycles. The van der Waals surface area contributed by atoms with Gasteiger partial charge in [0.25, 0.3) is 5.91 Å². The second-order valence-electron chi connectivity index (χ2n) is 7.40. The van der Waals surface area contributed by atoms with Gasteiger partial charge in [-0.2, -0.15) is 18.3 Å². The number of nitrogens with zero attached hydrogens (tertiary/aromatic N) is 3. The van der Waals surface area contributed by atoms with Crippen molar-refractivity contribution in [3.05, 3.63) is 53.7 Å². The summed E-state index contributed by atoms with van der Waals surface area (Å²) < 4.78 is 45.6. The van der Waals surface area contributed by atoms with Crippen molar-refractivity contribution >= 4 is 11.7 Å². The van der Waals surface area contributed by atoms with E-state index < -0.39 is 17.8 Å². The highest BCUT2D eigenvalue weighted by Crippen LogP contribution is 2.33. The molecule has 0 radical (unpaired) electrons. The van der Waals surface area contributed by atoms with Crippen molar-refractivity contribution in [3.63, 3.8) is 0 Å². The van der Waals surface area contributed by atoms with Crippen LogP contribution in [0, 0.1) is 0 Å². The number of hydrogen-bond donors (Lipinski definition) is 3. The van der Waals surface area contributed by atoms with Crippen LogP contribution < -0.4 is 21.5 Å². The number of alkyl halides is 3. The van der Waals surface area contributed by atoms with Crippen molar-refractivity contribution in [1.82, 2.24) is 20.1 Å². The van der Waals surface area contributed by atoms with Gasteiger partial charge in [-0.25, -0.2) is 9.67 Å². The average Bonchev–Trinajstić information content (AvgIpc) is 3.12. The molecule has 1 aliphatic rings. The molecule has 1 unspecified atom stereocenters. The first kappa shape index (κ1) is 21.6. The Bertz CT molecular complexity index is 1120. The first-order valence-electron chi connectivity index (χ1n) is 9.95. The number of hydrogen-bond acceptors (Lipinski definition) is 6. The summed E-state index contributed by atoms with van der Waals surface area (Å²) >= 11 is 0. The first-order valence-corrected chi connectivity index (χ1v) is 9.95. The molecule has 168 valence electrons. The van der Waals surface area contributed by atoms with Gasteiger partial charge in [-0.1, -0.05) is 6.07 Å². The van der Waals surface area contributed by atoms with E-state index in [-0.39, 0.29) is 29.1 Å². The number of carbonyl (C=O) groups is 1. The zero-order valence-electron chi connectivity index (χ0n) is 16.9. The lowest BCUT2D eigenvalue weighted by Crippen LogP contribution is -2.32. The lowest BCUT2D eigenvalue weighted by molar-refractivity contribution is -0.141. The molecule has 3 aromatic rings. The van der Waals surface area contributed by atoms with E-state index in [0.29, 0.717) is 17.8 Å². The second kappa shape index (κ2) is 8.50. The molecule has 1 atom stereocenters. The van der Waals surface area contributed by atoms with Crippen LogP contribution in [0.2, 0.25) is 0 Å². The first-order chi connectivity index (χ1) is 15.2. The largest absolute Gasteiger partial charge is 0.439 e. The lowest BCUT2D eigenvalue weighted by Gasteiger charge is -2.23. The minimum absolute atomic E-state index is 0.00481. The Hall–Kier alpha value is -3.60. The van der Waals surface area contributed by atoms with Crippen LogP contribution in [0.15, 0.2) is 42.5 Å². The summed E-state index contributed by atoms with van der Waals surface area (Å²) in [4.78, 5) is 15.6. The third kappa shape index (κ3) is 4.37. The Labute approximate surface area is 181 Å². The van der Waals surface area contributed by atoms with Gasteiger partial charge in [0.15, 0.2) is 0 Å². The van der Waals surface area contributed by atoms with Gasteiger partial charge in [0.05, 0.1) is 6.04 Å². The van der Waals surface area contributed by atoms with Gasteiger partial charge < -0.3 is 21.5 Å². The Morgan fingerprint density at radius 3 is 2.56 bits per heavy atom. The normalized spacial score (nSPS) is 16.7. The number of ether oxygens (including phenoxy) is 1. The fraction of sp³-hybridized carbons (Fsp3) is 0.286. The molecule has 3 heterocycles. The molecule has 0 spiro atoms. The standard InChI is InChI=1S/C21H21F3N6O2/c22-21(23,24)15-4-1-5-16(28-15)32-14-8-6-12(7-9-14)18-17(20(26)31)19(25)30(29-18)13-3-2-10-27-11-13/h1,4-9,13,27H,2-3,10-11,25H2,(H2,26,31). The molecule has 11 heteroatoms. The summed E-state index contributed by atoms with van der Waals surface area (Å²) in [5.41, 5.74) is 11.8. The summed E-state index contributed by atoms with van der Waals surface area (Å²) in [6.45, 7) is 1.59. The highest BCUT2D eigenvalue weighted by molar-refractivity contribution is 6.03. The number of nitrogen functional groups attached to an aromatic ring is 1. The van der Waals surface area contributed by atoms with Crippen molar-refractivity contribution in [2.24, 2.45) is 5.73 Å². The topological polar surface area (TPSA) is 121 Å². The van der Waals surface area contributed by atoms with Crippen molar-refractivity contribution in [3.8, 4) is 22.9 Å². The van der Waals surface area contributed by atoms with Crippen LogP contribution in [0.1, 0.15) is 34.9 Å². The van der Waals surface area contributed by atoms with Crippen LogP contribution in [-0.4, -0.2) is 33.8 Å². The number of anilines is 1. The van der Waals surface area contributed by atoms with Gasteiger partial charge in [-0.3, -0.25) is 4.79 Å². The molecule has 1 aliphatic heterocycles. The molecule has 32 heavy (non-hydrogen) atoms. The summed E-state index contributed by atoms with van der Waals surface area (Å²) in [6.07, 6.45) is -2.74. The number of nitrogens with one attached hydrogen (secondary N) is 1. The van der Waals surface area contributed by atoms with Crippen molar-refractivity contribution < 1.29 is 22.7 Å². The fourth-order valence-corrected chi connectivity index (χ4v) is 3.64. The zero-order chi connectivity index (χ0) is 22.9. The molecular weight excluding hydrogens is 425 g/mol. The van der Waals surface area contributed by atoms with Crippen LogP contribution in [0.5, 0.6) is 11.6 Å². The second-order valence-corrected chi connectivity index (χ2v) is 7.40. The average molecular weight is 446 g/mol. The molecule has 8 nitrogen and oxygen atoms in total. The van der Waals surface area contributed by atoms with Crippen LogP contribution in [-0.2, 0) is 6.18 Å². The fourth-order valence-electron chi connectivity index (χ4n) is 3.64. The van der Waals surface area contributed by atoms with Gasteiger partial charge in [0.1, 0.15) is 28.5 Å². The maximum absolute atomic E-state index is 12.8. The Kier molecular flexibility index (Phi) is 5.74. The van der Waals surface area contributed by atoms with E-state index in [0.717, 1.165) is 25.5 Å². The van der Waals surface area contributed by atoms with E-state index >= 15 is 0 Å². The smallest absolute Gasteiger partial charge is 0.433 e. The molecule has 1 saturated heterocycles. The van der Waals surface area contributed by atoms with E-state index in [1.807, 2.05) is 0 Å². The molecule has 0 saturated carbocycles. The van der Waals surface area contributed by atoms with Crippen LogP contribution in [0.4, 0.5) is 19.0 Å². The Morgan fingerprint density at radius 1 is 1.19 bits per heavy atom. The van der Waals surface area contributed by atoms with Gasteiger partial charge in [0.2, 0.25) is 5.88 Å². The van der Waals surface area contributed by atoms with Crippen LogP contribution in [0.3, 0.4) is 0 Å². The van der Waals surface area contributed by atoms with Gasteiger partial charge in [-0.05, 0) is 49.7 Å². The van der Waals surface area contributed by atoms with Crippen LogP contribution >= 0.6 is 0 Å². The molecule has 2 aromatic heterocycles. The summed E-state index contributed by atoms with van der Waals surface area (Å²) in [5.74, 6) is -0.412. The maximum Gasteiger partial charge on any atom is 0.433 e. The SMILES string of the molecule is NC(=O)c1c(-c2ccc(Oc3cccc(C(F)(F)F)n3)cc2)nn(C2CCCNC2)c1N. The van der Waals surface area contributed by atoms with Gasteiger partial charge in [0, 0.05) is 18.2 Å². The van der Waals surface area contributed by atoms with Gasteiger partial charge in [-0.15, -0.1) is 0 Å². The van der Waals surface area contributed by atoms with Crippen LogP contribution in [0.25, 0.3) is 11.3 Å². The summed E-state index contributed by atoms with van der Waals surface area (Å²) in [6, 6.07) is 9.75. The maximum atomic E-state index is 12.8. The van der Waals surface area contributed by atoms with E-state index in [1.54, 1.807) is 28.9 Å². The highest BCUT2D eigenvalue weighted by Gasteiger charge is 2.32. The molecule has 1 aromatic carbocycles. The predicted molar refractivity (Wildman–Crippen MR) is 111 cm³/mol. The number of rotatable bonds is 5. The molecule has 1 amide bonds. The number of halogens is 3. The van der Waals surface area contributed by atoms with Crippen molar-refractivity contribution in [2.45, 2.75) is 25.1 Å². The predicted octanol–water partition coefficient (Wildman–Crippen LogP) is 3.36. The number of carbonyl (C=O) groups excluding carboxylic acids is 1. The van der Waals surface area contributed by atoms with Crippen molar-refractivity contribution in [2.75, 3.05) is 18.8 Å². The van der Waals surface area contributed by atoms with E-state index in [2.05, 4.69) is 15.4 Å². The number of amides is 1. The molecule has 5 N–H and O–H groups in total.